The van der Waals surface area contributed by atoms with Crippen molar-refractivity contribution in [3.05, 3.63) is 35.5 Å². The Morgan fingerprint density at radius 2 is 2.19 bits per heavy atom. The molecule has 0 aliphatic carbocycles. The zero-order valence-electron chi connectivity index (χ0n) is 8.88. The third-order valence-corrected chi connectivity index (χ3v) is 2.03. The molecule has 2 aromatic rings. The third kappa shape index (κ3) is 1.77. The van der Waals surface area contributed by atoms with Crippen LogP contribution < -0.4 is 0 Å². The maximum Gasteiger partial charge on any atom is 0.354 e. The summed E-state index contributed by atoms with van der Waals surface area (Å²) in [6, 6.07) is 3.12. The topological polar surface area (TPSA) is 80.9 Å². The van der Waals surface area contributed by atoms with E-state index in [1.807, 2.05) is 0 Å². The average molecular weight is 218 g/mol. The fourth-order valence-corrected chi connectivity index (χ4v) is 1.39. The predicted molar refractivity (Wildman–Crippen MR) is 55.6 cm³/mol. The van der Waals surface area contributed by atoms with Gasteiger partial charge in [0.15, 0.2) is 11.5 Å². The van der Waals surface area contributed by atoms with E-state index in [-0.39, 0.29) is 5.69 Å². The highest BCUT2D eigenvalue weighted by atomic mass is 16.4. The summed E-state index contributed by atoms with van der Waals surface area (Å²) >= 11 is 0. The van der Waals surface area contributed by atoms with Gasteiger partial charge in [0.2, 0.25) is 0 Å². The molecule has 0 aliphatic heterocycles. The van der Waals surface area contributed by atoms with Gasteiger partial charge in [0, 0.05) is 12.3 Å². The van der Waals surface area contributed by atoms with Crippen LogP contribution in [0.25, 0.3) is 5.82 Å². The predicted octanol–water partition coefficient (Wildman–Crippen LogP) is 0.977. The molecular formula is C10H10N4O2. The van der Waals surface area contributed by atoms with Gasteiger partial charge in [-0.25, -0.2) is 19.4 Å². The Hall–Kier alpha value is -2.24. The zero-order chi connectivity index (χ0) is 11.7. The van der Waals surface area contributed by atoms with Crippen LogP contribution in [0.5, 0.6) is 0 Å². The van der Waals surface area contributed by atoms with Crippen molar-refractivity contribution in [1.29, 1.82) is 0 Å². The summed E-state index contributed by atoms with van der Waals surface area (Å²) in [5.74, 6) is -0.00291. The van der Waals surface area contributed by atoms with E-state index in [1.165, 1.54) is 10.7 Å². The van der Waals surface area contributed by atoms with Crippen LogP contribution in [0.4, 0.5) is 0 Å². The van der Waals surface area contributed by atoms with Gasteiger partial charge < -0.3 is 5.11 Å². The normalized spacial score (nSPS) is 10.4. The van der Waals surface area contributed by atoms with Gasteiger partial charge in [-0.1, -0.05) is 0 Å². The Morgan fingerprint density at radius 1 is 1.44 bits per heavy atom. The van der Waals surface area contributed by atoms with Gasteiger partial charge in [0.25, 0.3) is 0 Å². The molecule has 0 saturated carbocycles. The summed E-state index contributed by atoms with van der Waals surface area (Å²) in [5, 5.41) is 13.1. The van der Waals surface area contributed by atoms with Crippen LogP contribution in [0.15, 0.2) is 18.3 Å². The number of carboxylic acid groups (broad SMARTS) is 1. The summed E-state index contributed by atoms with van der Waals surface area (Å²) in [6.45, 7) is 3.47. The monoisotopic (exact) mass is 218 g/mol. The van der Waals surface area contributed by atoms with Crippen LogP contribution in [0.3, 0.4) is 0 Å². The smallest absolute Gasteiger partial charge is 0.354 e. The largest absolute Gasteiger partial charge is 0.477 e. The van der Waals surface area contributed by atoms with Crippen molar-refractivity contribution in [2.24, 2.45) is 0 Å². The molecule has 0 spiro atoms. The number of carbonyl (C=O) groups is 1. The molecule has 2 rings (SSSR count). The van der Waals surface area contributed by atoms with Crippen molar-refractivity contribution in [3.8, 4) is 5.82 Å². The number of hydrogen-bond acceptors (Lipinski definition) is 4. The van der Waals surface area contributed by atoms with Gasteiger partial charge >= 0.3 is 5.97 Å². The molecule has 0 atom stereocenters. The minimum absolute atomic E-state index is 0.0931. The summed E-state index contributed by atoms with van der Waals surface area (Å²) in [7, 11) is 0. The van der Waals surface area contributed by atoms with Crippen molar-refractivity contribution in [2.75, 3.05) is 0 Å². The molecule has 16 heavy (non-hydrogen) atoms. The molecule has 0 aliphatic rings. The lowest BCUT2D eigenvalue weighted by Crippen LogP contribution is -2.10. The van der Waals surface area contributed by atoms with Gasteiger partial charge in [-0.3, -0.25) is 0 Å². The molecule has 6 nitrogen and oxygen atoms in total. The fraction of sp³-hybridized carbons (Fsp3) is 0.200. The molecule has 0 aromatic carbocycles. The molecule has 2 aromatic heterocycles. The molecule has 2 heterocycles. The Bertz CT molecular complexity index is 548. The highest BCUT2D eigenvalue weighted by Crippen LogP contribution is 2.10. The maximum atomic E-state index is 11.0. The van der Waals surface area contributed by atoms with E-state index < -0.39 is 5.97 Å². The molecule has 6 heteroatoms. The van der Waals surface area contributed by atoms with Gasteiger partial charge in [0.1, 0.15) is 5.82 Å². The van der Waals surface area contributed by atoms with Gasteiger partial charge in [-0.05, 0) is 19.9 Å². The standard InChI is InChI=1S/C10H10N4O2/c1-6-5-8(10(15)16)14(13-6)9-3-4-11-7(2)12-9/h3-5H,1-2H3,(H,15,16). The van der Waals surface area contributed by atoms with Crippen LogP contribution in [-0.4, -0.2) is 30.8 Å². The number of rotatable bonds is 2. The Balaban J connectivity index is 2.59. The SMILES string of the molecule is Cc1cc(C(=O)O)n(-c2ccnc(C)n2)n1. The molecular weight excluding hydrogens is 208 g/mol. The number of carboxylic acids is 1. The first-order chi connectivity index (χ1) is 7.58. The molecule has 0 radical (unpaired) electrons. The first kappa shape index (κ1) is 10.3. The van der Waals surface area contributed by atoms with Crippen LogP contribution in [0.1, 0.15) is 22.0 Å². The summed E-state index contributed by atoms with van der Waals surface area (Å²) in [4.78, 5) is 19.1. The lowest BCUT2D eigenvalue weighted by Gasteiger charge is -2.03. The van der Waals surface area contributed by atoms with Crippen LogP contribution in [0.2, 0.25) is 0 Å². The number of aromatic carboxylic acids is 1. The quantitative estimate of drug-likeness (QED) is 0.812. The molecule has 0 unspecified atom stereocenters. The van der Waals surface area contributed by atoms with E-state index in [2.05, 4.69) is 15.1 Å². The van der Waals surface area contributed by atoms with Crippen molar-refractivity contribution in [2.45, 2.75) is 13.8 Å². The summed E-state index contributed by atoms with van der Waals surface area (Å²) < 4.78 is 1.30. The maximum absolute atomic E-state index is 11.0. The van der Waals surface area contributed by atoms with E-state index in [0.717, 1.165) is 0 Å². The van der Waals surface area contributed by atoms with Crippen molar-refractivity contribution < 1.29 is 9.90 Å². The first-order valence-corrected chi connectivity index (χ1v) is 4.68. The number of aryl methyl sites for hydroxylation is 2. The van der Waals surface area contributed by atoms with E-state index >= 15 is 0 Å². The zero-order valence-corrected chi connectivity index (χ0v) is 8.88. The van der Waals surface area contributed by atoms with E-state index in [0.29, 0.717) is 17.3 Å². The average Bonchev–Trinajstić information content (AvgIpc) is 2.60. The van der Waals surface area contributed by atoms with Gasteiger partial charge in [-0.2, -0.15) is 5.10 Å². The summed E-state index contributed by atoms with van der Waals surface area (Å²) in [5.41, 5.74) is 0.726. The lowest BCUT2D eigenvalue weighted by molar-refractivity contribution is 0.0686. The molecule has 0 bridgehead atoms. The van der Waals surface area contributed by atoms with E-state index in [4.69, 9.17) is 5.11 Å². The second-order valence-corrected chi connectivity index (χ2v) is 3.35. The second-order valence-electron chi connectivity index (χ2n) is 3.35. The van der Waals surface area contributed by atoms with Crippen molar-refractivity contribution in [3.63, 3.8) is 0 Å². The first-order valence-electron chi connectivity index (χ1n) is 4.68. The van der Waals surface area contributed by atoms with Crippen LogP contribution in [0, 0.1) is 13.8 Å². The minimum atomic E-state index is -1.03. The Labute approximate surface area is 91.6 Å². The van der Waals surface area contributed by atoms with Crippen LogP contribution >= 0.6 is 0 Å². The third-order valence-electron chi connectivity index (χ3n) is 2.03. The molecule has 0 amide bonds. The molecule has 1 N–H and O–H groups in total. The van der Waals surface area contributed by atoms with Gasteiger partial charge in [-0.15, -0.1) is 0 Å². The van der Waals surface area contributed by atoms with Crippen molar-refractivity contribution >= 4 is 5.97 Å². The summed E-state index contributed by atoms with van der Waals surface area (Å²) in [6.07, 6.45) is 1.57. The number of aromatic nitrogens is 4. The Morgan fingerprint density at radius 3 is 2.81 bits per heavy atom. The van der Waals surface area contributed by atoms with E-state index in [9.17, 15) is 4.79 Å². The highest BCUT2D eigenvalue weighted by Gasteiger charge is 2.14. The molecule has 0 saturated heterocycles. The molecule has 82 valence electrons. The Kier molecular flexibility index (Phi) is 2.40. The lowest BCUT2D eigenvalue weighted by atomic mass is 10.4. The second kappa shape index (κ2) is 3.73. The highest BCUT2D eigenvalue weighted by molar-refractivity contribution is 5.86. The van der Waals surface area contributed by atoms with Crippen LogP contribution in [-0.2, 0) is 0 Å². The van der Waals surface area contributed by atoms with Gasteiger partial charge in [0.05, 0.1) is 5.69 Å². The van der Waals surface area contributed by atoms with E-state index in [1.54, 1.807) is 26.1 Å². The molecule has 0 fully saturated rings. The van der Waals surface area contributed by atoms with Crippen molar-refractivity contribution in [1.82, 2.24) is 19.7 Å². The minimum Gasteiger partial charge on any atom is -0.477 e. The fourth-order valence-electron chi connectivity index (χ4n) is 1.39. The number of nitrogens with zero attached hydrogens (tertiary/aromatic N) is 4. The number of hydrogen-bond donors (Lipinski definition) is 1.